The van der Waals surface area contributed by atoms with Gasteiger partial charge in [0.1, 0.15) is 0 Å². The Balaban J connectivity index is 2.37. The number of hydrogen-bond acceptors (Lipinski definition) is 4. The highest BCUT2D eigenvalue weighted by Gasteiger charge is 2.03. The van der Waals surface area contributed by atoms with Crippen LogP contribution < -0.4 is 5.73 Å². The summed E-state index contributed by atoms with van der Waals surface area (Å²) in [7, 11) is 3.78. The molecule has 4 heteroatoms. The summed E-state index contributed by atoms with van der Waals surface area (Å²) >= 11 is 0. The van der Waals surface area contributed by atoms with E-state index in [1.165, 1.54) is 0 Å². The summed E-state index contributed by atoms with van der Waals surface area (Å²) in [6, 6.07) is 3.73. The van der Waals surface area contributed by atoms with E-state index in [9.17, 15) is 0 Å². The van der Waals surface area contributed by atoms with E-state index in [1.807, 2.05) is 12.1 Å². The van der Waals surface area contributed by atoms with Crippen molar-refractivity contribution in [2.45, 2.75) is 13.0 Å². The maximum atomic E-state index is 5.81. The molecule has 0 amide bonds. The quantitative estimate of drug-likeness (QED) is 0.714. The van der Waals surface area contributed by atoms with Crippen molar-refractivity contribution < 1.29 is 4.74 Å². The molecular formula is C11H19N3O. The molecule has 84 valence electrons. The standard InChI is InChI=1S/C11H19N3O/c1-14(7-4-8-15-2)9-11-10(12)5-3-6-13-11/h3,5-6H,4,7-9,12H2,1-2H3. The molecule has 4 nitrogen and oxygen atoms in total. The number of aromatic nitrogens is 1. The SMILES string of the molecule is COCCCN(C)Cc1ncccc1N. The monoisotopic (exact) mass is 209 g/mol. The molecule has 0 aliphatic rings. The number of nitrogens with zero attached hydrogens (tertiary/aromatic N) is 2. The number of nitrogen functional groups attached to an aromatic ring is 1. The molecule has 0 fully saturated rings. The molecule has 0 saturated heterocycles. The van der Waals surface area contributed by atoms with Crippen LogP contribution in [-0.2, 0) is 11.3 Å². The Hall–Kier alpha value is -1.13. The summed E-state index contributed by atoms with van der Waals surface area (Å²) in [5.74, 6) is 0. The highest BCUT2D eigenvalue weighted by molar-refractivity contribution is 5.41. The van der Waals surface area contributed by atoms with Gasteiger partial charge in [-0.05, 0) is 25.6 Å². The third-order valence-electron chi connectivity index (χ3n) is 2.23. The Morgan fingerprint density at radius 3 is 3.00 bits per heavy atom. The molecule has 1 aromatic heterocycles. The molecule has 2 N–H and O–H groups in total. The minimum Gasteiger partial charge on any atom is -0.397 e. The Kier molecular flexibility index (Phi) is 5.07. The molecular weight excluding hydrogens is 190 g/mol. The van der Waals surface area contributed by atoms with Gasteiger partial charge in [-0.3, -0.25) is 4.98 Å². The summed E-state index contributed by atoms with van der Waals surface area (Å²) in [5.41, 5.74) is 7.51. The van der Waals surface area contributed by atoms with Crippen molar-refractivity contribution in [3.8, 4) is 0 Å². The average molecular weight is 209 g/mol. The molecule has 1 heterocycles. The van der Waals surface area contributed by atoms with Crippen LogP contribution >= 0.6 is 0 Å². The summed E-state index contributed by atoms with van der Waals surface area (Å²) in [6.45, 7) is 2.57. The van der Waals surface area contributed by atoms with Crippen molar-refractivity contribution in [3.05, 3.63) is 24.0 Å². The van der Waals surface area contributed by atoms with Crippen molar-refractivity contribution in [3.63, 3.8) is 0 Å². The van der Waals surface area contributed by atoms with Gasteiger partial charge in [-0.15, -0.1) is 0 Å². The normalized spacial score (nSPS) is 10.9. The predicted molar refractivity (Wildman–Crippen MR) is 61.5 cm³/mol. The van der Waals surface area contributed by atoms with Gasteiger partial charge in [0, 0.05) is 33.0 Å². The molecule has 1 aromatic rings. The zero-order chi connectivity index (χ0) is 11.1. The number of pyridine rings is 1. The number of ether oxygens (including phenoxy) is 1. The minimum absolute atomic E-state index is 0.760. The van der Waals surface area contributed by atoms with Gasteiger partial charge >= 0.3 is 0 Å². The van der Waals surface area contributed by atoms with Crippen molar-refractivity contribution in [2.24, 2.45) is 0 Å². The molecule has 0 aliphatic carbocycles. The number of hydrogen-bond donors (Lipinski definition) is 1. The van der Waals surface area contributed by atoms with E-state index in [4.69, 9.17) is 10.5 Å². The molecule has 1 rings (SSSR count). The largest absolute Gasteiger partial charge is 0.397 e. The first-order valence-electron chi connectivity index (χ1n) is 5.11. The lowest BCUT2D eigenvalue weighted by Gasteiger charge is -2.16. The predicted octanol–water partition coefficient (Wildman–Crippen LogP) is 1.13. The minimum atomic E-state index is 0.760. The summed E-state index contributed by atoms with van der Waals surface area (Å²) in [6.07, 6.45) is 2.80. The van der Waals surface area contributed by atoms with Gasteiger partial charge in [0.15, 0.2) is 0 Å². The van der Waals surface area contributed by atoms with Gasteiger partial charge in [0.2, 0.25) is 0 Å². The molecule has 15 heavy (non-hydrogen) atoms. The van der Waals surface area contributed by atoms with Crippen LogP contribution in [0.25, 0.3) is 0 Å². The van der Waals surface area contributed by atoms with E-state index in [-0.39, 0.29) is 0 Å². The van der Waals surface area contributed by atoms with Gasteiger partial charge in [-0.2, -0.15) is 0 Å². The van der Waals surface area contributed by atoms with Crippen molar-refractivity contribution in [1.29, 1.82) is 0 Å². The number of methoxy groups -OCH3 is 1. The summed E-state index contributed by atoms with van der Waals surface area (Å²) < 4.78 is 5.00. The Labute approximate surface area is 91.1 Å². The van der Waals surface area contributed by atoms with Crippen LogP contribution in [0.1, 0.15) is 12.1 Å². The topological polar surface area (TPSA) is 51.4 Å². The lowest BCUT2D eigenvalue weighted by molar-refractivity contribution is 0.178. The van der Waals surface area contributed by atoms with Crippen molar-refractivity contribution >= 4 is 5.69 Å². The first kappa shape index (κ1) is 11.9. The van der Waals surface area contributed by atoms with Crippen molar-refractivity contribution in [1.82, 2.24) is 9.88 Å². The van der Waals surface area contributed by atoms with Crippen LogP contribution in [0.15, 0.2) is 18.3 Å². The Morgan fingerprint density at radius 1 is 1.53 bits per heavy atom. The van der Waals surface area contributed by atoms with Crippen LogP contribution in [0.3, 0.4) is 0 Å². The molecule has 0 unspecified atom stereocenters. The third kappa shape index (κ3) is 4.27. The molecule has 0 atom stereocenters. The van der Waals surface area contributed by atoms with Crippen molar-refractivity contribution in [2.75, 3.05) is 33.0 Å². The fraction of sp³-hybridized carbons (Fsp3) is 0.545. The van der Waals surface area contributed by atoms with Crippen LogP contribution in [0.2, 0.25) is 0 Å². The highest BCUT2D eigenvalue weighted by atomic mass is 16.5. The molecule has 0 bridgehead atoms. The van der Waals surface area contributed by atoms with Gasteiger partial charge in [0.05, 0.1) is 11.4 Å². The number of rotatable bonds is 6. The molecule has 0 saturated carbocycles. The van der Waals surface area contributed by atoms with Gasteiger partial charge in [0.25, 0.3) is 0 Å². The van der Waals surface area contributed by atoms with E-state index >= 15 is 0 Å². The average Bonchev–Trinajstić information content (AvgIpc) is 2.22. The Morgan fingerprint density at radius 2 is 2.33 bits per heavy atom. The highest BCUT2D eigenvalue weighted by Crippen LogP contribution is 2.09. The maximum absolute atomic E-state index is 5.81. The first-order chi connectivity index (χ1) is 7.24. The van der Waals surface area contributed by atoms with E-state index < -0.39 is 0 Å². The molecule has 0 radical (unpaired) electrons. The van der Waals surface area contributed by atoms with Gasteiger partial charge in [-0.1, -0.05) is 0 Å². The zero-order valence-corrected chi connectivity index (χ0v) is 9.44. The van der Waals surface area contributed by atoms with E-state index in [2.05, 4.69) is 16.9 Å². The second kappa shape index (κ2) is 6.37. The van der Waals surface area contributed by atoms with Gasteiger partial charge < -0.3 is 15.4 Å². The fourth-order valence-corrected chi connectivity index (χ4v) is 1.40. The second-order valence-corrected chi connectivity index (χ2v) is 3.62. The summed E-state index contributed by atoms with van der Waals surface area (Å²) in [5, 5.41) is 0. The smallest absolute Gasteiger partial charge is 0.0772 e. The van der Waals surface area contributed by atoms with Crippen LogP contribution in [0.5, 0.6) is 0 Å². The molecule has 0 aromatic carbocycles. The second-order valence-electron chi connectivity index (χ2n) is 3.62. The third-order valence-corrected chi connectivity index (χ3v) is 2.23. The fourth-order valence-electron chi connectivity index (χ4n) is 1.40. The summed E-state index contributed by atoms with van der Waals surface area (Å²) in [4.78, 5) is 6.44. The van der Waals surface area contributed by atoms with E-state index in [1.54, 1.807) is 13.3 Å². The first-order valence-corrected chi connectivity index (χ1v) is 5.11. The molecule has 0 aliphatic heterocycles. The molecule has 0 spiro atoms. The maximum Gasteiger partial charge on any atom is 0.0772 e. The lowest BCUT2D eigenvalue weighted by atomic mass is 10.3. The number of nitrogens with two attached hydrogens (primary N) is 1. The van der Waals surface area contributed by atoms with E-state index in [0.717, 1.165) is 37.5 Å². The Bertz CT molecular complexity index is 291. The zero-order valence-electron chi connectivity index (χ0n) is 9.44. The van der Waals surface area contributed by atoms with Crippen LogP contribution in [0.4, 0.5) is 5.69 Å². The number of anilines is 1. The van der Waals surface area contributed by atoms with E-state index in [0.29, 0.717) is 0 Å². The van der Waals surface area contributed by atoms with Gasteiger partial charge in [-0.25, -0.2) is 0 Å². The van der Waals surface area contributed by atoms with Crippen LogP contribution in [0, 0.1) is 0 Å². The lowest BCUT2D eigenvalue weighted by Crippen LogP contribution is -2.21. The van der Waals surface area contributed by atoms with Crippen LogP contribution in [-0.4, -0.2) is 37.2 Å².